The van der Waals surface area contributed by atoms with E-state index in [0.29, 0.717) is 18.7 Å². The Balaban J connectivity index is 1.71. The molecule has 0 aliphatic carbocycles. The number of nitrogens with zero attached hydrogens (tertiary/aromatic N) is 1. The second kappa shape index (κ2) is 11.8. The van der Waals surface area contributed by atoms with Gasteiger partial charge in [0.25, 0.3) is 0 Å². The first-order valence-corrected chi connectivity index (χ1v) is 13.9. The number of sulfonamides is 1. The Bertz CT molecular complexity index is 960. The van der Waals surface area contributed by atoms with Gasteiger partial charge in [-0.15, -0.1) is 0 Å². The van der Waals surface area contributed by atoms with Gasteiger partial charge in [0, 0.05) is 6.54 Å². The maximum atomic E-state index is 13.1. The van der Waals surface area contributed by atoms with Crippen LogP contribution in [-0.4, -0.2) is 56.9 Å². The van der Waals surface area contributed by atoms with Gasteiger partial charge in [-0.05, 0) is 69.0 Å². The molecule has 1 heterocycles. The molecule has 8 heteroatoms. The minimum atomic E-state index is -3.79. The van der Waals surface area contributed by atoms with Crippen molar-refractivity contribution in [3.63, 3.8) is 0 Å². The maximum absolute atomic E-state index is 13.1. The van der Waals surface area contributed by atoms with Crippen LogP contribution in [0.1, 0.15) is 36.4 Å². The molecule has 2 aromatic rings. The summed E-state index contributed by atoms with van der Waals surface area (Å²) in [5, 5.41) is 3.03. The second-order valence-corrected chi connectivity index (χ2v) is 10.9. The van der Waals surface area contributed by atoms with Gasteiger partial charge < -0.3 is 5.32 Å². The Morgan fingerprint density at radius 3 is 2.34 bits per heavy atom. The fourth-order valence-electron chi connectivity index (χ4n) is 3.96. The lowest BCUT2D eigenvalue weighted by molar-refractivity contribution is -0.123. The number of likely N-dealkylation sites (tertiary alicyclic amines) is 1. The molecule has 0 radical (unpaired) electrons. The molecule has 2 aromatic carbocycles. The van der Waals surface area contributed by atoms with Crippen LogP contribution in [0.15, 0.2) is 59.5 Å². The van der Waals surface area contributed by atoms with Crippen LogP contribution in [0.3, 0.4) is 0 Å². The molecule has 1 amide bonds. The van der Waals surface area contributed by atoms with Crippen molar-refractivity contribution in [2.45, 2.75) is 43.2 Å². The number of hydrogen-bond acceptors (Lipinski definition) is 5. The van der Waals surface area contributed by atoms with Crippen LogP contribution < -0.4 is 10.0 Å². The molecule has 32 heavy (non-hydrogen) atoms. The normalized spacial score (nSPS) is 16.6. The average Bonchev–Trinajstić information content (AvgIpc) is 3.32. The Morgan fingerprint density at radius 1 is 1.06 bits per heavy atom. The highest BCUT2D eigenvalue weighted by molar-refractivity contribution is 7.98. The highest BCUT2D eigenvalue weighted by atomic mass is 32.2. The molecule has 1 fully saturated rings. The van der Waals surface area contributed by atoms with Crippen molar-refractivity contribution >= 4 is 27.7 Å². The van der Waals surface area contributed by atoms with Gasteiger partial charge in [-0.2, -0.15) is 16.5 Å². The number of rotatable bonds is 11. The third kappa shape index (κ3) is 6.81. The first-order valence-electron chi connectivity index (χ1n) is 11.1. The molecule has 0 aromatic heterocycles. The SMILES string of the molecule is CSCCC(NS(=O)(=O)c1ccc(C)cc1)C(=O)NCC(c1ccccc1)N1CCCC1. The Kier molecular flexibility index (Phi) is 9.16. The van der Waals surface area contributed by atoms with Gasteiger partial charge in [-0.3, -0.25) is 9.69 Å². The van der Waals surface area contributed by atoms with E-state index < -0.39 is 16.1 Å². The molecule has 3 rings (SSSR count). The zero-order chi connectivity index (χ0) is 23.0. The number of carbonyl (C=O) groups is 1. The van der Waals surface area contributed by atoms with Crippen LogP contribution in [0, 0.1) is 6.92 Å². The maximum Gasteiger partial charge on any atom is 0.241 e. The number of nitrogens with one attached hydrogen (secondary N) is 2. The minimum absolute atomic E-state index is 0.0811. The van der Waals surface area contributed by atoms with E-state index >= 15 is 0 Å². The van der Waals surface area contributed by atoms with E-state index in [2.05, 4.69) is 27.1 Å². The molecular weight excluding hydrogens is 442 g/mol. The zero-order valence-electron chi connectivity index (χ0n) is 18.8. The summed E-state index contributed by atoms with van der Waals surface area (Å²) in [6.07, 6.45) is 4.69. The first-order chi connectivity index (χ1) is 15.4. The Labute approximate surface area is 196 Å². The molecule has 2 atom stereocenters. The van der Waals surface area contributed by atoms with E-state index in [1.165, 1.54) is 0 Å². The van der Waals surface area contributed by atoms with Gasteiger partial charge in [0.1, 0.15) is 6.04 Å². The third-order valence-electron chi connectivity index (χ3n) is 5.79. The van der Waals surface area contributed by atoms with Crippen LogP contribution in [0.4, 0.5) is 0 Å². The Morgan fingerprint density at radius 2 is 1.72 bits per heavy atom. The van der Waals surface area contributed by atoms with Gasteiger partial charge in [-0.1, -0.05) is 48.0 Å². The fourth-order valence-corrected chi connectivity index (χ4v) is 5.66. The van der Waals surface area contributed by atoms with E-state index in [0.717, 1.165) is 37.1 Å². The molecular formula is C24H33N3O3S2. The van der Waals surface area contributed by atoms with Gasteiger partial charge in [0.2, 0.25) is 15.9 Å². The van der Waals surface area contributed by atoms with E-state index in [9.17, 15) is 13.2 Å². The van der Waals surface area contributed by atoms with E-state index in [4.69, 9.17) is 0 Å². The summed E-state index contributed by atoms with van der Waals surface area (Å²) in [6, 6.07) is 16.1. The molecule has 2 N–H and O–H groups in total. The first kappa shape index (κ1) is 24.8. The van der Waals surface area contributed by atoms with Crippen molar-refractivity contribution < 1.29 is 13.2 Å². The van der Waals surface area contributed by atoms with E-state index in [-0.39, 0.29) is 16.8 Å². The van der Waals surface area contributed by atoms with Crippen LogP contribution >= 0.6 is 11.8 Å². The predicted octanol–water partition coefficient (Wildman–Crippen LogP) is 3.35. The van der Waals surface area contributed by atoms with Crippen molar-refractivity contribution in [1.82, 2.24) is 14.9 Å². The lowest BCUT2D eigenvalue weighted by atomic mass is 10.1. The molecule has 0 spiro atoms. The molecule has 6 nitrogen and oxygen atoms in total. The summed E-state index contributed by atoms with van der Waals surface area (Å²) < 4.78 is 28.4. The van der Waals surface area contributed by atoms with Gasteiger partial charge in [-0.25, -0.2) is 8.42 Å². The summed E-state index contributed by atoms with van der Waals surface area (Å²) in [4.78, 5) is 15.7. The summed E-state index contributed by atoms with van der Waals surface area (Å²) in [6.45, 7) is 4.36. The summed E-state index contributed by atoms with van der Waals surface area (Å²) in [7, 11) is -3.79. The predicted molar refractivity (Wildman–Crippen MR) is 131 cm³/mol. The molecule has 1 saturated heterocycles. The highest BCUT2D eigenvalue weighted by Crippen LogP contribution is 2.24. The Hall–Kier alpha value is -1.87. The number of thioether (sulfide) groups is 1. The standard InChI is InChI=1S/C24H33N3O3S2/c1-19-10-12-21(13-11-19)32(29,30)26-22(14-17-31-2)24(28)25-18-23(27-15-6-7-16-27)20-8-4-3-5-9-20/h3-5,8-13,22-23,26H,6-7,14-18H2,1-2H3,(H,25,28). The van der Waals surface area contributed by atoms with Crippen molar-refractivity contribution in [3.05, 3.63) is 65.7 Å². The monoisotopic (exact) mass is 475 g/mol. The van der Waals surface area contributed by atoms with Gasteiger partial charge >= 0.3 is 0 Å². The van der Waals surface area contributed by atoms with Crippen LogP contribution in [0.25, 0.3) is 0 Å². The average molecular weight is 476 g/mol. The summed E-state index contributed by atoms with van der Waals surface area (Å²) in [5.41, 5.74) is 2.14. The number of amides is 1. The second-order valence-electron chi connectivity index (χ2n) is 8.18. The quantitative estimate of drug-likeness (QED) is 0.521. The highest BCUT2D eigenvalue weighted by Gasteiger charge is 2.28. The van der Waals surface area contributed by atoms with Crippen LogP contribution in [0.5, 0.6) is 0 Å². The topological polar surface area (TPSA) is 78.5 Å². The van der Waals surface area contributed by atoms with E-state index in [1.807, 2.05) is 31.4 Å². The van der Waals surface area contributed by atoms with Crippen LogP contribution in [0.2, 0.25) is 0 Å². The molecule has 174 valence electrons. The van der Waals surface area contributed by atoms with Crippen molar-refractivity contribution in [2.24, 2.45) is 0 Å². The van der Waals surface area contributed by atoms with Gasteiger partial charge in [0.15, 0.2) is 0 Å². The number of aryl methyl sites for hydroxylation is 1. The molecule has 2 unspecified atom stereocenters. The van der Waals surface area contributed by atoms with Crippen molar-refractivity contribution in [2.75, 3.05) is 31.6 Å². The van der Waals surface area contributed by atoms with Gasteiger partial charge in [0.05, 0.1) is 10.9 Å². The summed E-state index contributed by atoms with van der Waals surface area (Å²) in [5.74, 6) is 0.401. The zero-order valence-corrected chi connectivity index (χ0v) is 20.4. The number of benzene rings is 2. The number of carbonyl (C=O) groups excluding carboxylic acids is 1. The minimum Gasteiger partial charge on any atom is -0.353 e. The smallest absolute Gasteiger partial charge is 0.241 e. The molecule has 0 bridgehead atoms. The fraction of sp³-hybridized carbons (Fsp3) is 0.458. The van der Waals surface area contributed by atoms with Crippen LogP contribution in [-0.2, 0) is 14.8 Å². The molecule has 1 aliphatic heterocycles. The molecule has 1 aliphatic rings. The van der Waals surface area contributed by atoms with Crippen molar-refractivity contribution in [1.29, 1.82) is 0 Å². The lowest BCUT2D eigenvalue weighted by Gasteiger charge is -2.29. The summed E-state index contributed by atoms with van der Waals surface area (Å²) >= 11 is 1.59. The number of hydrogen-bond donors (Lipinski definition) is 2. The van der Waals surface area contributed by atoms with Crippen molar-refractivity contribution in [3.8, 4) is 0 Å². The lowest BCUT2D eigenvalue weighted by Crippen LogP contribution is -2.48. The van der Waals surface area contributed by atoms with E-state index in [1.54, 1.807) is 36.0 Å². The largest absolute Gasteiger partial charge is 0.353 e. The molecule has 0 saturated carbocycles. The third-order valence-corrected chi connectivity index (χ3v) is 7.92.